The lowest BCUT2D eigenvalue weighted by molar-refractivity contribution is 1.34. The van der Waals surface area contributed by atoms with E-state index in [2.05, 4.69) is 56.3 Å². The Morgan fingerprint density at radius 1 is 0.692 bits per heavy atom. The van der Waals surface area contributed by atoms with E-state index in [4.69, 9.17) is 16.5 Å². The molecule has 3 nitrogen and oxygen atoms in total. The van der Waals surface area contributed by atoms with E-state index in [0.717, 1.165) is 33.2 Å². The molecule has 0 fully saturated rings. The molecule has 1 heterocycles. The van der Waals surface area contributed by atoms with Crippen molar-refractivity contribution in [1.29, 1.82) is 0 Å². The fourth-order valence-corrected chi connectivity index (χ4v) is 3.45. The molecule has 128 valence electrons. The largest absolute Gasteiger partial charge is 0.399 e. The molecule has 0 aliphatic carbocycles. The summed E-state index contributed by atoms with van der Waals surface area (Å²) in [6.07, 6.45) is 0. The molecule has 0 spiro atoms. The summed E-state index contributed by atoms with van der Waals surface area (Å²) in [5.41, 5.74) is 19.6. The number of nitrogen functional groups attached to an aromatic ring is 2. The van der Waals surface area contributed by atoms with Crippen molar-refractivity contribution in [1.82, 2.24) is 4.98 Å². The van der Waals surface area contributed by atoms with Crippen LogP contribution < -0.4 is 11.5 Å². The fraction of sp³-hybridized carbons (Fsp3) is 0.0870. The molecule has 0 amide bonds. The van der Waals surface area contributed by atoms with Gasteiger partial charge in [-0.2, -0.15) is 0 Å². The van der Waals surface area contributed by atoms with Gasteiger partial charge in [0.05, 0.1) is 5.69 Å². The average molecular weight is 339 g/mol. The van der Waals surface area contributed by atoms with E-state index in [1.165, 1.54) is 11.1 Å². The first-order chi connectivity index (χ1) is 12.5. The second kappa shape index (κ2) is 6.19. The van der Waals surface area contributed by atoms with Crippen LogP contribution in [0.3, 0.4) is 0 Å². The maximum absolute atomic E-state index is 6.31. The quantitative estimate of drug-likeness (QED) is 0.484. The van der Waals surface area contributed by atoms with Gasteiger partial charge in [-0.25, -0.2) is 4.98 Å². The summed E-state index contributed by atoms with van der Waals surface area (Å²) in [5.74, 6) is 0.521. The van der Waals surface area contributed by atoms with Gasteiger partial charge in [-0.1, -0.05) is 53.6 Å². The highest BCUT2D eigenvalue weighted by molar-refractivity contribution is 6.07. The Bertz CT molecular complexity index is 1130. The number of rotatable bonds is 2. The zero-order valence-corrected chi connectivity index (χ0v) is 15.0. The van der Waals surface area contributed by atoms with Crippen LogP contribution in [0.25, 0.3) is 33.2 Å². The minimum atomic E-state index is 0.521. The number of pyridine rings is 1. The van der Waals surface area contributed by atoms with Crippen LogP contribution in [0.4, 0.5) is 11.5 Å². The predicted molar refractivity (Wildman–Crippen MR) is 111 cm³/mol. The molecule has 3 aromatic carbocycles. The van der Waals surface area contributed by atoms with Crippen LogP contribution >= 0.6 is 0 Å². The van der Waals surface area contributed by atoms with Gasteiger partial charge in [-0.05, 0) is 49.1 Å². The van der Waals surface area contributed by atoms with E-state index >= 15 is 0 Å². The van der Waals surface area contributed by atoms with Crippen LogP contribution in [0.15, 0.2) is 66.7 Å². The summed E-state index contributed by atoms with van der Waals surface area (Å²) in [7, 11) is 0. The molecule has 0 unspecified atom stereocenters. The average Bonchev–Trinajstić information content (AvgIpc) is 2.61. The second-order valence-electron chi connectivity index (χ2n) is 6.76. The van der Waals surface area contributed by atoms with E-state index in [0.29, 0.717) is 11.5 Å². The Morgan fingerprint density at radius 3 is 2.04 bits per heavy atom. The van der Waals surface area contributed by atoms with Crippen LogP contribution in [0, 0.1) is 13.8 Å². The van der Waals surface area contributed by atoms with Crippen molar-refractivity contribution in [2.45, 2.75) is 13.8 Å². The molecule has 0 atom stereocenters. The molecule has 0 saturated heterocycles. The van der Waals surface area contributed by atoms with Gasteiger partial charge in [0.1, 0.15) is 5.82 Å². The zero-order chi connectivity index (χ0) is 18.3. The lowest BCUT2D eigenvalue weighted by Crippen LogP contribution is -1.99. The topological polar surface area (TPSA) is 64.9 Å². The summed E-state index contributed by atoms with van der Waals surface area (Å²) in [6.45, 7) is 4.18. The van der Waals surface area contributed by atoms with Crippen LogP contribution in [0.5, 0.6) is 0 Å². The number of anilines is 2. The van der Waals surface area contributed by atoms with Gasteiger partial charge in [0.2, 0.25) is 0 Å². The molecular formula is C23H21N3. The van der Waals surface area contributed by atoms with Gasteiger partial charge in [0.25, 0.3) is 0 Å². The van der Waals surface area contributed by atoms with E-state index in [-0.39, 0.29) is 0 Å². The Labute approximate surface area is 153 Å². The maximum atomic E-state index is 6.31. The van der Waals surface area contributed by atoms with Crippen LogP contribution in [0.2, 0.25) is 0 Å². The highest BCUT2D eigenvalue weighted by Crippen LogP contribution is 2.39. The number of fused-ring (bicyclic) bond motifs is 1. The van der Waals surface area contributed by atoms with Crippen molar-refractivity contribution in [2.24, 2.45) is 0 Å². The van der Waals surface area contributed by atoms with Gasteiger partial charge in [0.15, 0.2) is 0 Å². The van der Waals surface area contributed by atoms with Gasteiger partial charge in [0, 0.05) is 22.2 Å². The Hall–Kier alpha value is -3.33. The fourth-order valence-electron chi connectivity index (χ4n) is 3.45. The van der Waals surface area contributed by atoms with Gasteiger partial charge in [-0.3, -0.25) is 0 Å². The molecule has 0 radical (unpaired) electrons. The number of hydrogen-bond acceptors (Lipinski definition) is 3. The first-order valence-corrected chi connectivity index (χ1v) is 8.66. The van der Waals surface area contributed by atoms with E-state index in [1.54, 1.807) is 0 Å². The molecule has 0 aliphatic heterocycles. The first kappa shape index (κ1) is 16.2. The number of aromatic nitrogens is 1. The SMILES string of the molecule is Cc1cccc(-c2nc(N)c3ccc(N)cc3c2-c2cccc(C)c2)c1. The molecule has 0 saturated carbocycles. The molecule has 26 heavy (non-hydrogen) atoms. The standard InChI is InChI=1S/C23H21N3/c1-14-5-3-7-16(11-14)21-20-13-18(24)9-10-19(20)23(25)26-22(21)17-8-4-6-15(2)12-17/h3-13H,24H2,1-2H3,(H2,25,26). The lowest BCUT2D eigenvalue weighted by Gasteiger charge is -2.16. The highest BCUT2D eigenvalue weighted by Gasteiger charge is 2.16. The molecule has 3 heteroatoms. The van der Waals surface area contributed by atoms with Crippen LogP contribution in [-0.2, 0) is 0 Å². The third-order valence-electron chi connectivity index (χ3n) is 4.66. The Morgan fingerprint density at radius 2 is 1.35 bits per heavy atom. The number of benzene rings is 3. The molecule has 4 rings (SSSR count). The summed E-state index contributed by atoms with van der Waals surface area (Å²) >= 11 is 0. The van der Waals surface area contributed by atoms with Crippen molar-refractivity contribution in [3.8, 4) is 22.4 Å². The normalized spacial score (nSPS) is 11.0. The minimum absolute atomic E-state index is 0.521. The molecule has 0 bridgehead atoms. The van der Waals surface area contributed by atoms with Crippen LogP contribution in [-0.4, -0.2) is 4.98 Å². The second-order valence-corrected chi connectivity index (χ2v) is 6.76. The van der Waals surface area contributed by atoms with Crippen molar-refractivity contribution in [2.75, 3.05) is 11.5 Å². The van der Waals surface area contributed by atoms with Crippen molar-refractivity contribution >= 4 is 22.3 Å². The zero-order valence-electron chi connectivity index (χ0n) is 15.0. The smallest absolute Gasteiger partial charge is 0.132 e. The third-order valence-corrected chi connectivity index (χ3v) is 4.66. The number of nitrogens with zero attached hydrogens (tertiary/aromatic N) is 1. The van der Waals surface area contributed by atoms with Crippen molar-refractivity contribution < 1.29 is 0 Å². The number of hydrogen-bond donors (Lipinski definition) is 2. The highest BCUT2D eigenvalue weighted by atomic mass is 14.8. The summed E-state index contributed by atoms with van der Waals surface area (Å²) in [6, 6.07) is 22.6. The molecular weight excluding hydrogens is 318 g/mol. The van der Waals surface area contributed by atoms with E-state index < -0.39 is 0 Å². The van der Waals surface area contributed by atoms with Gasteiger partial charge >= 0.3 is 0 Å². The summed E-state index contributed by atoms with van der Waals surface area (Å²) in [5, 5.41) is 1.95. The monoisotopic (exact) mass is 339 g/mol. The third kappa shape index (κ3) is 2.78. The van der Waals surface area contributed by atoms with Crippen molar-refractivity contribution in [3.05, 3.63) is 77.9 Å². The van der Waals surface area contributed by atoms with Gasteiger partial charge < -0.3 is 11.5 Å². The molecule has 4 N–H and O–H groups in total. The van der Waals surface area contributed by atoms with E-state index in [1.807, 2.05) is 24.3 Å². The maximum Gasteiger partial charge on any atom is 0.132 e. The predicted octanol–water partition coefficient (Wildman–Crippen LogP) is 5.35. The number of nitrogens with two attached hydrogens (primary N) is 2. The molecule has 1 aromatic heterocycles. The number of aryl methyl sites for hydroxylation is 2. The summed E-state index contributed by atoms with van der Waals surface area (Å²) < 4.78 is 0. The Balaban J connectivity index is 2.15. The minimum Gasteiger partial charge on any atom is -0.399 e. The molecule has 0 aliphatic rings. The first-order valence-electron chi connectivity index (χ1n) is 8.66. The van der Waals surface area contributed by atoms with Crippen LogP contribution in [0.1, 0.15) is 11.1 Å². The van der Waals surface area contributed by atoms with Crippen molar-refractivity contribution in [3.63, 3.8) is 0 Å². The lowest BCUT2D eigenvalue weighted by atomic mass is 9.92. The Kier molecular flexibility index (Phi) is 3.85. The van der Waals surface area contributed by atoms with E-state index in [9.17, 15) is 0 Å². The van der Waals surface area contributed by atoms with Gasteiger partial charge in [-0.15, -0.1) is 0 Å². The molecule has 4 aromatic rings. The summed E-state index contributed by atoms with van der Waals surface area (Å²) in [4.78, 5) is 4.79.